The van der Waals surface area contributed by atoms with Crippen molar-refractivity contribution in [3.63, 3.8) is 0 Å². The van der Waals surface area contributed by atoms with E-state index >= 15 is 0 Å². The van der Waals surface area contributed by atoms with Crippen molar-refractivity contribution in [1.29, 1.82) is 0 Å². The first-order valence-electron chi connectivity index (χ1n) is 8.12. The molecule has 0 saturated carbocycles. The Kier molecular flexibility index (Phi) is 5.58. The number of carbonyl (C=O) groups excluding carboxylic acids is 2. The van der Waals surface area contributed by atoms with Gasteiger partial charge in [0.2, 0.25) is 0 Å². The zero-order valence-electron chi connectivity index (χ0n) is 13.7. The van der Waals surface area contributed by atoms with Crippen molar-refractivity contribution in [2.45, 2.75) is 52.0 Å². The third-order valence-corrected chi connectivity index (χ3v) is 4.14. The van der Waals surface area contributed by atoms with Gasteiger partial charge < -0.3 is 9.64 Å². The van der Waals surface area contributed by atoms with Crippen LogP contribution in [0.2, 0.25) is 0 Å². The Morgan fingerprint density at radius 3 is 2.68 bits per heavy atom. The van der Waals surface area contributed by atoms with E-state index in [2.05, 4.69) is 13.8 Å². The van der Waals surface area contributed by atoms with E-state index in [4.69, 9.17) is 4.74 Å². The molecule has 1 aliphatic heterocycles. The Balaban J connectivity index is 2.28. The van der Waals surface area contributed by atoms with Crippen molar-refractivity contribution in [3.05, 3.63) is 35.4 Å². The first-order valence-corrected chi connectivity index (χ1v) is 8.12. The van der Waals surface area contributed by atoms with Crippen molar-refractivity contribution in [3.8, 4) is 0 Å². The van der Waals surface area contributed by atoms with Gasteiger partial charge in [0, 0.05) is 12.1 Å². The Labute approximate surface area is 132 Å². The van der Waals surface area contributed by atoms with Crippen LogP contribution in [0, 0.1) is 0 Å². The molecule has 1 unspecified atom stereocenters. The number of likely N-dealkylation sites (tertiary alicyclic amines) is 1. The number of esters is 1. The van der Waals surface area contributed by atoms with E-state index in [1.807, 2.05) is 24.3 Å². The molecule has 1 amide bonds. The van der Waals surface area contributed by atoms with Crippen LogP contribution in [0.15, 0.2) is 24.3 Å². The largest absolute Gasteiger partial charge is 0.464 e. The summed E-state index contributed by atoms with van der Waals surface area (Å²) in [6.07, 6.45) is 2.58. The second-order valence-corrected chi connectivity index (χ2v) is 6.00. The van der Waals surface area contributed by atoms with Crippen molar-refractivity contribution >= 4 is 11.9 Å². The molecule has 1 fully saturated rings. The van der Waals surface area contributed by atoms with Crippen LogP contribution in [0.5, 0.6) is 0 Å². The highest BCUT2D eigenvalue weighted by molar-refractivity contribution is 5.98. The lowest BCUT2D eigenvalue weighted by atomic mass is 9.94. The molecule has 0 radical (unpaired) electrons. The maximum Gasteiger partial charge on any atom is 0.328 e. The van der Waals surface area contributed by atoms with Crippen LogP contribution in [0.4, 0.5) is 0 Å². The number of amides is 1. The zero-order valence-corrected chi connectivity index (χ0v) is 13.7. The fraction of sp³-hybridized carbons (Fsp3) is 0.556. The number of carbonyl (C=O) groups is 2. The number of rotatable bonds is 4. The summed E-state index contributed by atoms with van der Waals surface area (Å²) < 4.78 is 5.14. The van der Waals surface area contributed by atoms with Gasteiger partial charge in [-0.3, -0.25) is 4.79 Å². The van der Waals surface area contributed by atoms with Gasteiger partial charge in [-0.05, 0) is 43.7 Å². The summed E-state index contributed by atoms with van der Waals surface area (Å²) in [6.45, 7) is 6.91. The second-order valence-electron chi connectivity index (χ2n) is 6.00. The predicted octanol–water partition coefficient (Wildman–Crippen LogP) is 3.37. The van der Waals surface area contributed by atoms with Gasteiger partial charge in [-0.25, -0.2) is 4.79 Å². The maximum atomic E-state index is 13.0. The van der Waals surface area contributed by atoms with E-state index in [1.54, 1.807) is 11.8 Å². The van der Waals surface area contributed by atoms with Crippen LogP contribution in [0.1, 0.15) is 61.9 Å². The van der Waals surface area contributed by atoms with Crippen molar-refractivity contribution in [2.24, 2.45) is 0 Å². The lowest BCUT2D eigenvalue weighted by Gasteiger charge is -2.34. The van der Waals surface area contributed by atoms with Gasteiger partial charge >= 0.3 is 5.97 Å². The normalized spacial score (nSPS) is 18.4. The molecule has 0 bridgehead atoms. The number of nitrogens with zero attached hydrogens (tertiary/aromatic N) is 1. The Morgan fingerprint density at radius 2 is 2.00 bits per heavy atom. The lowest BCUT2D eigenvalue weighted by Crippen LogP contribution is -2.48. The molecular formula is C18H25NO3. The smallest absolute Gasteiger partial charge is 0.328 e. The summed E-state index contributed by atoms with van der Waals surface area (Å²) in [4.78, 5) is 26.8. The minimum Gasteiger partial charge on any atom is -0.464 e. The minimum atomic E-state index is -0.443. The van der Waals surface area contributed by atoms with Gasteiger partial charge in [0.1, 0.15) is 6.04 Å². The van der Waals surface area contributed by atoms with Crippen LogP contribution in [0.25, 0.3) is 0 Å². The van der Waals surface area contributed by atoms with E-state index < -0.39 is 6.04 Å². The fourth-order valence-electron chi connectivity index (χ4n) is 3.01. The summed E-state index contributed by atoms with van der Waals surface area (Å²) in [5.41, 5.74) is 1.73. The highest BCUT2D eigenvalue weighted by atomic mass is 16.5. The van der Waals surface area contributed by atoms with Gasteiger partial charge in [0.05, 0.1) is 6.61 Å². The van der Waals surface area contributed by atoms with Crippen LogP contribution >= 0.6 is 0 Å². The number of piperidine rings is 1. The summed E-state index contributed by atoms with van der Waals surface area (Å²) in [7, 11) is 0. The Bertz CT molecular complexity index is 539. The molecule has 1 atom stereocenters. The lowest BCUT2D eigenvalue weighted by molar-refractivity contribution is -0.149. The van der Waals surface area contributed by atoms with E-state index in [1.165, 1.54) is 0 Å². The van der Waals surface area contributed by atoms with E-state index in [-0.39, 0.29) is 17.8 Å². The fourth-order valence-corrected chi connectivity index (χ4v) is 3.01. The van der Waals surface area contributed by atoms with Crippen molar-refractivity contribution in [1.82, 2.24) is 4.90 Å². The summed E-state index contributed by atoms with van der Waals surface area (Å²) in [5, 5.41) is 0. The first-order chi connectivity index (χ1) is 10.6. The molecule has 1 aliphatic rings. The van der Waals surface area contributed by atoms with Gasteiger partial charge in [-0.2, -0.15) is 0 Å². The summed E-state index contributed by atoms with van der Waals surface area (Å²) >= 11 is 0. The average molecular weight is 303 g/mol. The van der Waals surface area contributed by atoms with Crippen LogP contribution < -0.4 is 0 Å². The molecule has 0 spiro atoms. The standard InChI is InChI=1S/C18H25NO3/c1-4-22-18(21)16-11-7-8-12-19(16)17(20)15-10-6-5-9-14(15)13(2)3/h5-6,9-10,13,16H,4,7-8,11-12H2,1-3H3. The molecule has 0 aromatic heterocycles. The SMILES string of the molecule is CCOC(=O)C1CCCCN1C(=O)c1ccccc1C(C)C. The van der Waals surface area contributed by atoms with Gasteiger partial charge in [0.25, 0.3) is 5.91 Å². The number of hydrogen-bond donors (Lipinski definition) is 0. The molecule has 120 valence electrons. The predicted molar refractivity (Wildman–Crippen MR) is 85.8 cm³/mol. The zero-order chi connectivity index (χ0) is 16.1. The highest BCUT2D eigenvalue weighted by Crippen LogP contribution is 2.25. The molecule has 0 N–H and O–H groups in total. The third-order valence-electron chi connectivity index (χ3n) is 4.14. The van der Waals surface area contributed by atoms with E-state index in [0.29, 0.717) is 25.1 Å². The third kappa shape index (κ3) is 3.49. The summed E-state index contributed by atoms with van der Waals surface area (Å²) in [5.74, 6) is -0.0642. The minimum absolute atomic E-state index is 0.0537. The molecule has 1 aromatic carbocycles. The second kappa shape index (κ2) is 7.43. The van der Waals surface area contributed by atoms with Gasteiger partial charge in [0.15, 0.2) is 0 Å². The van der Waals surface area contributed by atoms with Crippen LogP contribution in [-0.4, -0.2) is 36.0 Å². The topological polar surface area (TPSA) is 46.6 Å². The van der Waals surface area contributed by atoms with Crippen molar-refractivity contribution in [2.75, 3.05) is 13.2 Å². The van der Waals surface area contributed by atoms with Gasteiger partial charge in [-0.15, -0.1) is 0 Å². The molecule has 4 heteroatoms. The van der Waals surface area contributed by atoms with E-state index in [9.17, 15) is 9.59 Å². The van der Waals surface area contributed by atoms with E-state index in [0.717, 1.165) is 18.4 Å². The molecule has 22 heavy (non-hydrogen) atoms. The number of hydrogen-bond acceptors (Lipinski definition) is 3. The molecule has 1 aromatic rings. The number of benzene rings is 1. The van der Waals surface area contributed by atoms with Crippen LogP contribution in [-0.2, 0) is 9.53 Å². The quantitative estimate of drug-likeness (QED) is 0.801. The molecule has 4 nitrogen and oxygen atoms in total. The van der Waals surface area contributed by atoms with Crippen molar-refractivity contribution < 1.29 is 14.3 Å². The Hall–Kier alpha value is -1.84. The molecule has 0 aliphatic carbocycles. The highest BCUT2D eigenvalue weighted by Gasteiger charge is 2.34. The first kappa shape index (κ1) is 16.5. The summed E-state index contributed by atoms with van der Waals surface area (Å²) in [6, 6.07) is 7.23. The molecule has 1 saturated heterocycles. The molecule has 1 heterocycles. The maximum absolute atomic E-state index is 13.0. The molecular weight excluding hydrogens is 278 g/mol. The molecule has 2 rings (SSSR count). The Morgan fingerprint density at radius 1 is 1.27 bits per heavy atom. The monoisotopic (exact) mass is 303 g/mol. The average Bonchev–Trinajstić information content (AvgIpc) is 2.54. The van der Waals surface area contributed by atoms with Gasteiger partial charge in [-0.1, -0.05) is 32.0 Å². The van der Waals surface area contributed by atoms with Crippen LogP contribution in [0.3, 0.4) is 0 Å². The number of ether oxygens (including phenoxy) is 1.